The van der Waals surface area contributed by atoms with Gasteiger partial charge >= 0.3 is 5.97 Å². The lowest BCUT2D eigenvalue weighted by atomic mass is 9.94. The molecule has 2 N–H and O–H groups in total. The molecule has 6 nitrogen and oxygen atoms in total. The van der Waals surface area contributed by atoms with Crippen LogP contribution in [0.4, 0.5) is 0 Å². The van der Waals surface area contributed by atoms with Crippen LogP contribution in [0.2, 0.25) is 0 Å². The number of carboxylic acid groups (broad SMARTS) is 1. The molecular weight excluding hydrogens is 316 g/mol. The minimum atomic E-state index is -0.963. The molecule has 7 heteroatoms. The third kappa shape index (κ3) is 3.51. The monoisotopic (exact) mass is 328 g/mol. The summed E-state index contributed by atoms with van der Waals surface area (Å²) in [5, 5.41) is 11.7. The van der Waals surface area contributed by atoms with Gasteiger partial charge < -0.3 is 15.2 Å². The summed E-state index contributed by atoms with van der Waals surface area (Å²) < 4.78 is 5.98. The van der Waals surface area contributed by atoms with Crippen molar-refractivity contribution < 1.29 is 19.4 Å². The third-order valence-electron chi connectivity index (χ3n) is 2.93. The van der Waals surface area contributed by atoms with Crippen LogP contribution in [0, 0.1) is 0 Å². The molecule has 0 aromatic carbocycles. The predicted molar refractivity (Wildman–Crippen MR) is 69.8 cm³/mol. The van der Waals surface area contributed by atoms with Crippen LogP contribution in [0.5, 0.6) is 0 Å². The number of nitrogens with zero attached hydrogens (tertiary/aromatic N) is 1. The Morgan fingerprint density at radius 2 is 2.32 bits per heavy atom. The average Bonchev–Trinajstić information content (AvgIpc) is 2.77. The van der Waals surface area contributed by atoms with Crippen molar-refractivity contribution in [1.29, 1.82) is 0 Å². The van der Waals surface area contributed by atoms with Crippen LogP contribution in [0.25, 0.3) is 0 Å². The second-order valence-electron chi connectivity index (χ2n) is 4.47. The summed E-state index contributed by atoms with van der Waals surface area (Å²) in [6.45, 7) is 0.656. The first kappa shape index (κ1) is 14.0. The molecule has 1 aliphatic rings. The fourth-order valence-corrected chi connectivity index (χ4v) is 2.23. The first-order chi connectivity index (χ1) is 9.01. The largest absolute Gasteiger partial charge is 0.481 e. The van der Waals surface area contributed by atoms with Gasteiger partial charge in [0.1, 0.15) is 5.69 Å². The van der Waals surface area contributed by atoms with Crippen LogP contribution in [-0.2, 0) is 9.53 Å². The molecule has 1 aromatic heterocycles. The van der Waals surface area contributed by atoms with E-state index >= 15 is 0 Å². The summed E-state index contributed by atoms with van der Waals surface area (Å²) in [6.07, 6.45) is 1.85. The van der Waals surface area contributed by atoms with E-state index in [2.05, 4.69) is 26.2 Å². The van der Waals surface area contributed by atoms with Gasteiger partial charge in [-0.15, -0.1) is 0 Å². The van der Waals surface area contributed by atoms with E-state index < -0.39 is 11.5 Å². The van der Waals surface area contributed by atoms with E-state index in [1.807, 2.05) is 0 Å². The van der Waals surface area contributed by atoms with Gasteiger partial charge in [0, 0.05) is 17.3 Å². The van der Waals surface area contributed by atoms with Gasteiger partial charge in [-0.3, -0.25) is 9.59 Å². The lowest BCUT2D eigenvalue weighted by Crippen LogP contribution is -2.50. The van der Waals surface area contributed by atoms with Crippen molar-refractivity contribution in [3.8, 4) is 0 Å². The minimum absolute atomic E-state index is 0.157. The standard InChI is InChI=1S/C12H13BrN2O4/c13-8-1-2-9(14-6-8)11(18)15-12(5-10(16)17)3-4-19-7-12/h1-2,6H,3-5,7H2,(H,15,18)(H,16,17). The van der Waals surface area contributed by atoms with Gasteiger partial charge in [0.2, 0.25) is 0 Å². The van der Waals surface area contributed by atoms with E-state index in [0.29, 0.717) is 13.0 Å². The van der Waals surface area contributed by atoms with E-state index in [0.717, 1.165) is 4.47 Å². The molecule has 1 unspecified atom stereocenters. The molecule has 0 radical (unpaired) electrons. The van der Waals surface area contributed by atoms with E-state index in [9.17, 15) is 9.59 Å². The molecule has 1 fully saturated rings. The third-order valence-corrected chi connectivity index (χ3v) is 3.40. The molecule has 1 amide bonds. The number of aromatic nitrogens is 1. The number of aliphatic carboxylic acids is 1. The zero-order valence-electron chi connectivity index (χ0n) is 10.1. The number of pyridine rings is 1. The molecule has 1 aromatic rings. The lowest BCUT2D eigenvalue weighted by molar-refractivity contribution is -0.138. The summed E-state index contributed by atoms with van der Waals surface area (Å²) in [5.41, 5.74) is -0.586. The molecule has 0 spiro atoms. The van der Waals surface area contributed by atoms with Gasteiger partial charge in [-0.25, -0.2) is 4.98 Å². The maximum Gasteiger partial charge on any atom is 0.305 e. The molecule has 0 saturated carbocycles. The van der Waals surface area contributed by atoms with Gasteiger partial charge in [0.05, 0.1) is 18.6 Å². The number of amides is 1. The summed E-state index contributed by atoms with van der Waals surface area (Å²) in [7, 11) is 0. The number of carbonyl (C=O) groups excluding carboxylic acids is 1. The summed E-state index contributed by atoms with van der Waals surface area (Å²) in [4.78, 5) is 26.9. The van der Waals surface area contributed by atoms with Gasteiger partial charge in [0.15, 0.2) is 0 Å². The van der Waals surface area contributed by atoms with Crippen LogP contribution >= 0.6 is 15.9 Å². The van der Waals surface area contributed by atoms with Crippen LogP contribution in [0.3, 0.4) is 0 Å². The molecule has 19 heavy (non-hydrogen) atoms. The molecule has 1 aliphatic heterocycles. The zero-order chi connectivity index (χ0) is 13.9. The molecule has 2 rings (SSSR count). The van der Waals surface area contributed by atoms with Gasteiger partial charge in [-0.05, 0) is 34.5 Å². The second kappa shape index (κ2) is 5.66. The predicted octanol–water partition coefficient (Wildman–Crippen LogP) is 1.21. The van der Waals surface area contributed by atoms with Crippen LogP contribution in [-0.4, -0.2) is 40.7 Å². The Balaban J connectivity index is 2.11. The summed E-state index contributed by atoms with van der Waals surface area (Å²) >= 11 is 3.23. The average molecular weight is 329 g/mol. The van der Waals surface area contributed by atoms with Crippen molar-refractivity contribution in [1.82, 2.24) is 10.3 Å². The number of nitrogens with one attached hydrogen (secondary N) is 1. The van der Waals surface area contributed by atoms with Gasteiger partial charge in [-0.2, -0.15) is 0 Å². The molecule has 1 saturated heterocycles. The highest BCUT2D eigenvalue weighted by Gasteiger charge is 2.38. The van der Waals surface area contributed by atoms with Gasteiger partial charge in [-0.1, -0.05) is 0 Å². The molecule has 0 aliphatic carbocycles. The molecule has 102 valence electrons. The number of carboxylic acids is 1. The number of halogens is 1. The Morgan fingerprint density at radius 3 is 2.84 bits per heavy atom. The van der Waals surface area contributed by atoms with Crippen molar-refractivity contribution in [2.75, 3.05) is 13.2 Å². The number of hydrogen-bond acceptors (Lipinski definition) is 4. The van der Waals surface area contributed by atoms with E-state index in [-0.39, 0.29) is 24.6 Å². The number of ether oxygens (including phenoxy) is 1. The van der Waals surface area contributed by atoms with Crippen LogP contribution < -0.4 is 5.32 Å². The Labute approximate surface area is 118 Å². The SMILES string of the molecule is O=C(O)CC1(NC(=O)c2ccc(Br)cn2)CCOC1. The zero-order valence-corrected chi connectivity index (χ0v) is 11.6. The van der Waals surface area contributed by atoms with E-state index in [4.69, 9.17) is 9.84 Å². The Morgan fingerprint density at radius 1 is 1.53 bits per heavy atom. The Kier molecular flexibility index (Phi) is 4.16. The fourth-order valence-electron chi connectivity index (χ4n) is 1.99. The number of hydrogen-bond donors (Lipinski definition) is 2. The van der Waals surface area contributed by atoms with Crippen molar-refractivity contribution in [3.63, 3.8) is 0 Å². The summed E-state index contributed by atoms with van der Waals surface area (Å²) in [6, 6.07) is 3.28. The highest BCUT2D eigenvalue weighted by molar-refractivity contribution is 9.10. The van der Waals surface area contributed by atoms with E-state index in [1.54, 1.807) is 12.1 Å². The number of rotatable bonds is 4. The lowest BCUT2D eigenvalue weighted by Gasteiger charge is -2.26. The van der Waals surface area contributed by atoms with Crippen molar-refractivity contribution >= 4 is 27.8 Å². The Hall–Kier alpha value is -1.47. The fraction of sp³-hybridized carbons (Fsp3) is 0.417. The first-order valence-electron chi connectivity index (χ1n) is 5.74. The molecule has 2 heterocycles. The van der Waals surface area contributed by atoms with E-state index in [1.165, 1.54) is 6.20 Å². The maximum absolute atomic E-state index is 12.1. The van der Waals surface area contributed by atoms with Crippen LogP contribution in [0.1, 0.15) is 23.3 Å². The van der Waals surface area contributed by atoms with Gasteiger partial charge in [0.25, 0.3) is 5.91 Å². The molecular formula is C12H13BrN2O4. The van der Waals surface area contributed by atoms with Crippen molar-refractivity contribution in [2.45, 2.75) is 18.4 Å². The second-order valence-corrected chi connectivity index (χ2v) is 5.38. The topological polar surface area (TPSA) is 88.5 Å². The Bertz CT molecular complexity index is 483. The molecule has 0 bridgehead atoms. The molecule has 1 atom stereocenters. The quantitative estimate of drug-likeness (QED) is 0.867. The minimum Gasteiger partial charge on any atom is -0.481 e. The highest BCUT2D eigenvalue weighted by atomic mass is 79.9. The van der Waals surface area contributed by atoms with Crippen molar-refractivity contribution in [3.05, 3.63) is 28.5 Å². The summed E-state index contributed by atoms with van der Waals surface area (Å²) in [5.74, 6) is -1.35. The highest BCUT2D eigenvalue weighted by Crippen LogP contribution is 2.23. The van der Waals surface area contributed by atoms with Crippen LogP contribution in [0.15, 0.2) is 22.8 Å². The smallest absolute Gasteiger partial charge is 0.305 e. The first-order valence-corrected chi connectivity index (χ1v) is 6.54. The maximum atomic E-state index is 12.1. The normalized spacial score (nSPS) is 22.2. The number of carbonyl (C=O) groups is 2. The van der Waals surface area contributed by atoms with Crippen molar-refractivity contribution in [2.24, 2.45) is 0 Å².